The molecule has 1 aliphatic rings. The lowest BCUT2D eigenvalue weighted by molar-refractivity contribution is 0.0611. The Bertz CT molecular complexity index is 1100. The van der Waals surface area contributed by atoms with Crippen molar-refractivity contribution in [1.29, 1.82) is 0 Å². The van der Waals surface area contributed by atoms with Gasteiger partial charge in [-0.15, -0.1) is 5.10 Å². The summed E-state index contributed by atoms with van der Waals surface area (Å²) in [6, 6.07) is 7.56. The third-order valence-corrected chi connectivity index (χ3v) is 5.47. The minimum Gasteiger partial charge on any atom is -0.338 e. The molecule has 1 aliphatic heterocycles. The van der Waals surface area contributed by atoms with Crippen molar-refractivity contribution in [2.75, 3.05) is 26.2 Å². The van der Waals surface area contributed by atoms with Crippen LogP contribution in [-0.2, 0) is 6.54 Å². The number of pyridine rings is 1. The fourth-order valence-electron chi connectivity index (χ4n) is 3.27. The van der Waals surface area contributed by atoms with Gasteiger partial charge in [0.1, 0.15) is 0 Å². The zero-order chi connectivity index (χ0) is 18.9. The van der Waals surface area contributed by atoms with Crippen LogP contribution in [0.4, 0.5) is 0 Å². The zero-order valence-electron chi connectivity index (χ0n) is 14.9. The first-order valence-electron chi connectivity index (χ1n) is 8.95. The zero-order valence-corrected chi connectivity index (χ0v) is 15.7. The van der Waals surface area contributed by atoms with Gasteiger partial charge in [0.15, 0.2) is 5.69 Å². The number of fused-ring (bicyclic) bond motifs is 1. The van der Waals surface area contributed by atoms with Crippen molar-refractivity contribution in [3.8, 4) is 11.4 Å². The molecule has 0 saturated carbocycles. The van der Waals surface area contributed by atoms with E-state index in [1.807, 2.05) is 39.9 Å². The topological polar surface area (TPSA) is 92.7 Å². The van der Waals surface area contributed by atoms with Gasteiger partial charge in [-0.2, -0.15) is 16.3 Å². The lowest BCUT2D eigenvalue weighted by atomic mass is 10.2. The van der Waals surface area contributed by atoms with E-state index in [1.54, 1.807) is 22.0 Å². The average Bonchev–Trinajstić information content (AvgIpc) is 3.48. The van der Waals surface area contributed by atoms with Gasteiger partial charge in [-0.1, -0.05) is 16.4 Å². The van der Waals surface area contributed by atoms with Crippen molar-refractivity contribution < 1.29 is 9.32 Å². The normalized spacial score (nSPS) is 15.4. The van der Waals surface area contributed by atoms with E-state index >= 15 is 0 Å². The molecular weight excluding hydrogens is 378 g/mol. The number of carbonyl (C=O) groups excluding carboxylic acids is 1. The fraction of sp³-hybridized carbons (Fsp3) is 0.278. The molecule has 1 saturated heterocycles. The molecule has 1 fully saturated rings. The maximum Gasteiger partial charge on any atom is 0.276 e. The van der Waals surface area contributed by atoms with Crippen molar-refractivity contribution in [2.45, 2.75) is 6.54 Å². The molecule has 142 valence electrons. The Morgan fingerprint density at radius 1 is 1.18 bits per heavy atom. The van der Waals surface area contributed by atoms with E-state index in [0.29, 0.717) is 37.0 Å². The fourth-order valence-corrected chi connectivity index (χ4v) is 3.91. The molecule has 0 spiro atoms. The molecule has 4 aromatic rings. The van der Waals surface area contributed by atoms with E-state index in [-0.39, 0.29) is 5.91 Å². The van der Waals surface area contributed by atoms with Crippen LogP contribution in [0.3, 0.4) is 0 Å². The minimum absolute atomic E-state index is 0.0848. The van der Waals surface area contributed by atoms with E-state index in [4.69, 9.17) is 4.52 Å². The van der Waals surface area contributed by atoms with Gasteiger partial charge in [0.05, 0.1) is 12.1 Å². The SMILES string of the molecule is O=C(c1nnn2ccccc12)N1CCN(Cc2nc(-c3ccsc3)no2)CC1. The lowest BCUT2D eigenvalue weighted by Gasteiger charge is -2.33. The number of carbonyl (C=O) groups is 1. The predicted molar refractivity (Wildman–Crippen MR) is 102 cm³/mol. The number of amides is 1. The smallest absolute Gasteiger partial charge is 0.276 e. The van der Waals surface area contributed by atoms with Crippen LogP contribution in [0.2, 0.25) is 0 Å². The summed E-state index contributed by atoms with van der Waals surface area (Å²) < 4.78 is 6.99. The molecule has 4 aromatic heterocycles. The van der Waals surface area contributed by atoms with Gasteiger partial charge in [-0.05, 0) is 23.6 Å². The first-order chi connectivity index (χ1) is 13.8. The molecule has 1 amide bonds. The van der Waals surface area contributed by atoms with Gasteiger partial charge in [0, 0.05) is 43.3 Å². The number of nitrogens with zero attached hydrogens (tertiary/aromatic N) is 7. The monoisotopic (exact) mass is 395 g/mol. The molecular formula is C18H17N7O2S. The number of hydrogen-bond acceptors (Lipinski definition) is 8. The Morgan fingerprint density at radius 2 is 2.07 bits per heavy atom. The van der Waals surface area contributed by atoms with Gasteiger partial charge in [0.25, 0.3) is 5.91 Å². The average molecular weight is 395 g/mol. The molecule has 0 aliphatic carbocycles. The second kappa shape index (κ2) is 7.13. The van der Waals surface area contributed by atoms with Crippen molar-refractivity contribution in [2.24, 2.45) is 0 Å². The second-order valence-corrected chi connectivity index (χ2v) is 7.34. The maximum absolute atomic E-state index is 12.8. The first-order valence-corrected chi connectivity index (χ1v) is 9.89. The molecule has 9 nitrogen and oxygen atoms in total. The van der Waals surface area contributed by atoms with Crippen LogP contribution in [0, 0.1) is 0 Å². The number of rotatable bonds is 4. The maximum atomic E-state index is 12.8. The number of aromatic nitrogens is 5. The Hall–Kier alpha value is -3.11. The molecule has 0 N–H and O–H groups in total. The Morgan fingerprint density at radius 3 is 2.89 bits per heavy atom. The summed E-state index contributed by atoms with van der Waals surface area (Å²) in [6.07, 6.45) is 1.78. The summed E-state index contributed by atoms with van der Waals surface area (Å²) in [5, 5.41) is 16.1. The third kappa shape index (κ3) is 3.16. The molecule has 10 heteroatoms. The second-order valence-electron chi connectivity index (χ2n) is 6.56. The lowest BCUT2D eigenvalue weighted by Crippen LogP contribution is -2.48. The number of piperazine rings is 1. The molecule has 5 heterocycles. The minimum atomic E-state index is -0.0848. The van der Waals surface area contributed by atoms with E-state index < -0.39 is 0 Å². The summed E-state index contributed by atoms with van der Waals surface area (Å²) in [5.74, 6) is 1.12. The van der Waals surface area contributed by atoms with E-state index in [2.05, 4.69) is 25.4 Å². The van der Waals surface area contributed by atoms with Crippen LogP contribution in [-0.4, -0.2) is 66.9 Å². The van der Waals surface area contributed by atoms with Crippen molar-refractivity contribution >= 4 is 22.8 Å². The van der Waals surface area contributed by atoms with Crippen molar-refractivity contribution in [1.82, 2.24) is 34.8 Å². The summed E-state index contributed by atoms with van der Waals surface area (Å²) >= 11 is 1.60. The highest BCUT2D eigenvalue weighted by molar-refractivity contribution is 7.08. The largest absolute Gasteiger partial charge is 0.338 e. The van der Waals surface area contributed by atoms with Crippen molar-refractivity contribution in [3.63, 3.8) is 0 Å². The van der Waals surface area contributed by atoms with E-state index in [0.717, 1.165) is 24.2 Å². The Labute approximate surface area is 164 Å². The molecule has 0 aromatic carbocycles. The van der Waals surface area contributed by atoms with Gasteiger partial charge < -0.3 is 9.42 Å². The Balaban J connectivity index is 1.21. The standard InChI is InChI=1S/C18H17N7O2S/c26-18(16-14-3-1-2-5-25(14)22-20-16)24-8-6-23(7-9-24)11-15-19-17(21-27-15)13-4-10-28-12-13/h1-5,10,12H,6-9,11H2. The van der Waals surface area contributed by atoms with Crippen LogP contribution in [0.1, 0.15) is 16.4 Å². The molecule has 5 rings (SSSR count). The first kappa shape index (κ1) is 17.0. The van der Waals surface area contributed by atoms with Gasteiger partial charge in [0.2, 0.25) is 11.7 Å². The van der Waals surface area contributed by atoms with Crippen LogP contribution in [0.25, 0.3) is 16.9 Å². The molecule has 0 atom stereocenters. The number of hydrogen-bond donors (Lipinski definition) is 0. The van der Waals surface area contributed by atoms with E-state index in [1.165, 1.54) is 0 Å². The summed E-state index contributed by atoms with van der Waals surface area (Å²) in [6.45, 7) is 3.29. The predicted octanol–water partition coefficient (Wildman–Crippen LogP) is 1.80. The van der Waals surface area contributed by atoms with Crippen LogP contribution in [0.15, 0.2) is 45.7 Å². The van der Waals surface area contributed by atoms with Crippen LogP contribution >= 0.6 is 11.3 Å². The quantitative estimate of drug-likeness (QED) is 0.520. The van der Waals surface area contributed by atoms with Gasteiger partial charge in [-0.3, -0.25) is 9.69 Å². The highest BCUT2D eigenvalue weighted by atomic mass is 32.1. The molecule has 0 unspecified atom stereocenters. The molecule has 0 bridgehead atoms. The van der Waals surface area contributed by atoms with E-state index in [9.17, 15) is 4.79 Å². The summed E-state index contributed by atoms with van der Waals surface area (Å²) in [4.78, 5) is 21.3. The highest BCUT2D eigenvalue weighted by Crippen LogP contribution is 2.19. The van der Waals surface area contributed by atoms with Crippen LogP contribution < -0.4 is 0 Å². The molecule has 0 radical (unpaired) electrons. The third-order valence-electron chi connectivity index (χ3n) is 4.79. The van der Waals surface area contributed by atoms with Gasteiger partial charge in [-0.25, -0.2) is 4.52 Å². The Kier molecular flexibility index (Phi) is 4.34. The molecule has 28 heavy (non-hydrogen) atoms. The van der Waals surface area contributed by atoms with Crippen LogP contribution in [0.5, 0.6) is 0 Å². The number of thiophene rings is 1. The summed E-state index contributed by atoms with van der Waals surface area (Å²) in [5.41, 5.74) is 2.09. The van der Waals surface area contributed by atoms with Crippen molar-refractivity contribution in [3.05, 3.63) is 52.8 Å². The summed E-state index contributed by atoms with van der Waals surface area (Å²) in [7, 11) is 0. The highest BCUT2D eigenvalue weighted by Gasteiger charge is 2.26. The van der Waals surface area contributed by atoms with Gasteiger partial charge >= 0.3 is 0 Å².